The minimum absolute atomic E-state index is 0.0783. The first kappa shape index (κ1) is 10.5. The van der Waals surface area contributed by atoms with Crippen molar-refractivity contribution in [3.63, 3.8) is 0 Å². The minimum atomic E-state index is -0.180. The van der Waals surface area contributed by atoms with Crippen molar-refractivity contribution in [1.29, 1.82) is 0 Å². The van der Waals surface area contributed by atoms with Crippen molar-refractivity contribution in [3.8, 4) is 0 Å². The molecule has 0 aromatic heterocycles. The zero-order valence-corrected chi connectivity index (χ0v) is 8.93. The van der Waals surface area contributed by atoms with Crippen molar-refractivity contribution >= 4 is 23.0 Å². The molecule has 1 aromatic carbocycles. The number of allylic oxidation sites excluding steroid dienone is 2. The molecule has 0 N–H and O–H groups in total. The Balaban J connectivity index is 2.30. The van der Waals surface area contributed by atoms with Crippen LogP contribution in [0.2, 0.25) is 0 Å². The monoisotopic (exact) mass is 213 g/mol. The third-order valence-electron chi connectivity index (χ3n) is 2.34. The zero-order valence-electron chi connectivity index (χ0n) is 8.93. The first-order valence-corrected chi connectivity index (χ1v) is 5.04. The van der Waals surface area contributed by atoms with Gasteiger partial charge in [0.05, 0.1) is 17.8 Å². The van der Waals surface area contributed by atoms with Crippen LogP contribution in [0.5, 0.6) is 0 Å². The van der Waals surface area contributed by atoms with E-state index in [0.717, 1.165) is 5.56 Å². The van der Waals surface area contributed by atoms with Crippen LogP contribution in [-0.2, 0) is 9.59 Å². The van der Waals surface area contributed by atoms with Crippen molar-refractivity contribution in [2.45, 2.75) is 13.3 Å². The maximum absolute atomic E-state index is 11.4. The van der Waals surface area contributed by atoms with Gasteiger partial charge >= 0.3 is 0 Å². The summed E-state index contributed by atoms with van der Waals surface area (Å²) in [5.74, 6) is -0.259. The lowest BCUT2D eigenvalue weighted by Gasteiger charge is -2.05. The lowest BCUT2D eigenvalue weighted by atomic mass is 10.0. The summed E-state index contributed by atoms with van der Waals surface area (Å²) in [5, 5.41) is 0. The minimum Gasteiger partial charge on any atom is -0.294 e. The number of benzene rings is 1. The molecule has 1 aromatic rings. The fourth-order valence-corrected chi connectivity index (χ4v) is 1.45. The van der Waals surface area contributed by atoms with Crippen molar-refractivity contribution in [2.75, 3.05) is 0 Å². The van der Waals surface area contributed by atoms with Gasteiger partial charge < -0.3 is 0 Å². The fourth-order valence-electron chi connectivity index (χ4n) is 1.45. The van der Waals surface area contributed by atoms with Crippen LogP contribution in [0.25, 0.3) is 0 Å². The third kappa shape index (κ3) is 2.31. The molecule has 0 amide bonds. The second-order valence-corrected chi connectivity index (χ2v) is 3.73. The number of carbonyl (C=O) groups excluding carboxylic acids is 2. The first-order chi connectivity index (χ1) is 7.65. The van der Waals surface area contributed by atoms with Crippen LogP contribution >= 0.6 is 0 Å². The van der Waals surface area contributed by atoms with E-state index >= 15 is 0 Å². The van der Waals surface area contributed by atoms with Gasteiger partial charge in [0.25, 0.3) is 0 Å². The zero-order chi connectivity index (χ0) is 11.5. The summed E-state index contributed by atoms with van der Waals surface area (Å²) in [5.41, 5.74) is 2.16. The van der Waals surface area contributed by atoms with Crippen LogP contribution in [0, 0.1) is 6.92 Å². The molecule has 0 bridgehead atoms. The largest absolute Gasteiger partial charge is 0.294 e. The Bertz CT molecular complexity index is 495. The number of aliphatic imine (C=N–C) groups is 1. The van der Waals surface area contributed by atoms with Gasteiger partial charge in [-0.25, -0.2) is 4.99 Å². The molecule has 0 atom stereocenters. The predicted molar refractivity (Wildman–Crippen MR) is 62.0 cm³/mol. The Hall–Kier alpha value is -2.03. The van der Waals surface area contributed by atoms with Gasteiger partial charge in [-0.3, -0.25) is 9.59 Å². The highest BCUT2D eigenvalue weighted by Crippen LogP contribution is 2.15. The van der Waals surface area contributed by atoms with E-state index < -0.39 is 0 Å². The van der Waals surface area contributed by atoms with E-state index in [1.165, 1.54) is 12.2 Å². The van der Waals surface area contributed by atoms with E-state index in [1.54, 1.807) is 0 Å². The standard InChI is InChI=1S/C13H11NO2/c1-9-2-4-10(5-3-9)14-12-8-11(15)6-7-13(12)16/h2-7H,8H2,1H3. The molecule has 0 saturated heterocycles. The molecule has 3 heteroatoms. The van der Waals surface area contributed by atoms with E-state index in [-0.39, 0.29) is 18.0 Å². The van der Waals surface area contributed by atoms with Crippen molar-refractivity contribution in [2.24, 2.45) is 4.99 Å². The number of rotatable bonds is 1. The van der Waals surface area contributed by atoms with Crippen LogP contribution in [0.15, 0.2) is 41.4 Å². The SMILES string of the molecule is Cc1ccc(N=C2CC(=O)C=CC2=O)cc1. The fraction of sp³-hybridized carbons (Fsp3) is 0.154. The number of aryl methyl sites for hydroxylation is 1. The molecule has 0 unspecified atom stereocenters. The number of ketones is 2. The second-order valence-electron chi connectivity index (χ2n) is 3.73. The van der Waals surface area contributed by atoms with Crippen molar-refractivity contribution in [3.05, 3.63) is 42.0 Å². The quantitative estimate of drug-likeness (QED) is 0.717. The van der Waals surface area contributed by atoms with Crippen LogP contribution in [0.1, 0.15) is 12.0 Å². The van der Waals surface area contributed by atoms with Gasteiger partial charge in [0.2, 0.25) is 5.78 Å². The number of nitrogens with zero attached hydrogens (tertiary/aromatic N) is 1. The number of hydrogen-bond donors (Lipinski definition) is 0. The van der Waals surface area contributed by atoms with Gasteiger partial charge in [0.15, 0.2) is 5.78 Å². The Morgan fingerprint density at radius 1 is 1.06 bits per heavy atom. The first-order valence-electron chi connectivity index (χ1n) is 5.04. The van der Waals surface area contributed by atoms with Gasteiger partial charge in [0, 0.05) is 0 Å². The molecule has 0 spiro atoms. The summed E-state index contributed by atoms with van der Waals surface area (Å²) >= 11 is 0. The van der Waals surface area contributed by atoms with E-state index in [2.05, 4.69) is 4.99 Å². The van der Waals surface area contributed by atoms with Crippen LogP contribution in [-0.4, -0.2) is 17.3 Å². The molecule has 0 saturated carbocycles. The van der Waals surface area contributed by atoms with Gasteiger partial charge in [-0.15, -0.1) is 0 Å². The van der Waals surface area contributed by atoms with Gasteiger partial charge in [-0.2, -0.15) is 0 Å². The van der Waals surface area contributed by atoms with E-state index in [0.29, 0.717) is 11.4 Å². The maximum atomic E-state index is 11.4. The predicted octanol–water partition coefficient (Wildman–Crippen LogP) is 2.17. The van der Waals surface area contributed by atoms with Crippen LogP contribution < -0.4 is 0 Å². The highest BCUT2D eigenvalue weighted by atomic mass is 16.1. The molecule has 16 heavy (non-hydrogen) atoms. The smallest absolute Gasteiger partial charge is 0.200 e. The Morgan fingerprint density at radius 2 is 1.75 bits per heavy atom. The highest BCUT2D eigenvalue weighted by Gasteiger charge is 2.17. The summed E-state index contributed by atoms with van der Waals surface area (Å²) in [4.78, 5) is 26.8. The second kappa shape index (κ2) is 4.23. The highest BCUT2D eigenvalue weighted by molar-refractivity contribution is 6.49. The molecule has 1 aliphatic rings. The molecule has 2 rings (SSSR count). The maximum Gasteiger partial charge on any atom is 0.200 e. The van der Waals surface area contributed by atoms with E-state index in [9.17, 15) is 9.59 Å². The van der Waals surface area contributed by atoms with E-state index in [4.69, 9.17) is 0 Å². The topological polar surface area (TPSA) is 46.5 Å². The van der Waals surface area contributed by atoms with Crippen molar-refractivity contribution < 1.29 is 9.59 Å². The molecular formula is C13H11NO2. The molecule has 0 aliphatic heterocycles. The Labute approximate surface area is 93.5 Å². The third-order valence-corrected chi connectivity index (χ3v) is 2.34. The van der Waals surface area contributed by atoms with E-state index in [1.807, 2.05) is 31.2 Å². The van der Waals surface area contributed by atoms with Crippen molar-refractivity contribution in [1.82, 2.24) is 0 Å². The molecule has 0 radical (unpaired) electrons. The van der Waals surface area contributed by atoms with Gasteiger partial charge in [0.1, 0.15) is 0 Å². The summed E-state index contributed by atoms with van der Waals surface area (Å²) in [7, 11) is 0. The summed E-state index contributed by atoms with van der Waals surface area (Å²) < 4.78 is 0. The summed E-state index contributed by atoms with van der Waals surface area (Å²) in [6.45, 7) is 1.98. The molecule has 0 heterocycles. The van der Waals surface area contributed by atoms with Gasteiger partial charge in [-0.05, 0) is 31.2 Å². The lowest BCUT2D eigenvalue weighted by Crippen LogP contribution is -2.19. The molecule has 3 nitrogen and oxygen atoms in total. The lowest BCUT2D eigenvalue weighted by molar-refractivity contribution is -0.116. The normalized spacial score (nSPS) is 18.2. The molecule has 0 fully saturated rings. The molecule has 80 valence electrons. The Morgan fingerprint density at radius 3 is 2.44 bits per heavy atom. The molecular weight excluding hydrogens is 202 g/mol. The molecule has 1 aliphatic carbocycles. The Kier molecular flexibility index (Phi) is 2.77. The van der Waals surface area contributed by atoms with Crippen LogP contribution in [0.3, 0.4) is 0 Å². The number of hydrogen-bond acceptors (Lipinski definition) is 3. The van der Waals surface area contributed by atoms with Gasteiger partial charge in [-0.1, -0.05) is 17.7 Å². The number of carbonyl (C=O) groups is 2. The van der Waals surface area contributed by atoms with Crippen LogP contribution in [0.4, 0.5) is 5.69 Å². The average Bonchev–Trinajstić information content (AvgIpc) is 2.27. The summed E-state index contributed by atoms with van der Waals surface area (Å²) in [6, 6.07) is 7.51. The average molecular weight is 213 g/mol. The summed E-state index contributed by atoms with van der Waals surface area (Å²) in [6.07, 6.45) is 2.68.